The monoisotopic (exact) mass is 142 g/mol. The molecule has 4 heteroatoms. The Hall–Kier alpha value is -1.24. The maximum atomic E-state index is 10.1. The normalized spacial score (nSPS) is 14.9. The Morgan fingerprint density at radius 2 is 2.40 bits per heavy atom. The van der Waals surface area contributed by atoms with E-state index in [0.717, 1.165) is 0 Å². The zero-order valence-corrected chi connectivity index (χ0v) is 6.01. The molecule has 0 rings (SSSR count). The van der Waals surface area contributed by atoms with Gasteiger partial charge in [-0.3, -0.25) is 0 Å². The number of nitrogens with one attached hydrogen (secondary N) is 1. The fourth-order valence-corrected chi connectivity index (χ4v) is 0.431. The highest BCUT2D eigenvalue weighted by atomic mass is 16.4. The van der Waals surface area contributed by atoms with E-state index < -0.39 is 11.6 Å². The molecule has 0 aromatic carbocycles. The number of nitrogens with zero attached hydrogens (tertiary/aromatic N) is 1. The van der Waals surface area contributed by atoms with Crippen molar-refractivity contribution in [2.75, 3.05) is 0 Å². The first-order valence-corrected chi connectivity index (χ1v) is 2.96. The van der Waals surface area contributed by atoms with Gasteiger partial charge < -0.3 is 10.4 Å². The lowest BCUT2D eigenvalue weighted by atomic mass is 10.0. The van der Waals surface area contributed by atoms with Crippen molar-refractivity contribution in [3.05, 3.63) is 0 Å². The highest BCUT2D eigenvalue weighted by Gasteiger charge is 2.22. The van der Waals surface area contributed by atoms with Gasteiger partial charge in [0.05, 0.1) is 6.07 Å². The molecule has 1 unspecified atom stereocenters. The predicted octanol–water partition coefficient (Wildman–Crippen LogP) is 0.946. The molecular weight excluding hydrogens is 132 g/mol. The molecule has 0 aromatic heterocycles. The Bertz CT molecular complexity index is 173. The lowest BCUT2D eigenvalue weighted by molar-refractivity contribution is 0.185. The average Bonchev–Trinajstić information content (AvgIpc) is 1.87. The van der Waals surface area contributed by atoms with Gasteiger partial charge in [0.25, 0.3) is 0 Å². The molecule has 0 aromatic rings. The van der Waals surface area contributed by atoms with E-state index in [0.29, 0.717) is 6.42 Å². The summed E-state index contributed by atoms with van der Waals surface area (Å²) in [4.78, 5) is 10.1. The summed E-state index contributed by atoms with van der Waals surface area (Å²) in [5.74, 6) is 0. The second-order valence-corrected chi connectivity index (χ2v) is 2.23. The van der Waals surface area contributed by atoms with Gasteiger partial charge in [-0.25, -0.2) is 4.79 Å². The molecule has 0 aliphatic carbocycles. The standard InChI is InChI=1S/C6H10N2O2/c1-3-6(2,4-7)8-5(9)10/h8H,3H2,1-2H3,(H,9,10). The average molecular weight is 142 g/mol. The molecule has 0 aliphatic rings. The van der Waals surface area contributed by atoms with Crippen LogP contribution >= 0.6 is 0 Å². The van der Waals surface area contributed by atoms with Gasteiger partial charge in [0, 0.05) is 0 Å². The van der Waals surface area contributed by atoms with Crippen LogP contribution in [-0.2, 0) is 0 Å². The van der Waals surface area contributed by atoms with Gasteiger partial charge in [0.15, 0.2) is 0 Å². The van der Waals surface area contributed by atoms with Gasteiger partial charge in [-0.05, 0) is 13.3 Å². The SMILES string of the molecule is CCC(C)(C#N)NC(=O)O. The summed E-state index contributed by atoms with van der Waals surface area (Å²) in [5, 5.41) is 18.8. The van der Waals surface area contributed by atoms with Crippen LogP contribution in [0.25, 0.3) is 0 Å². The van der Waals surface area contributed by atoms with Crippen molar-refractivity contribution in [3.8, 4) is 6.07 Å². The number of carboxylic acid groups (broad SMARTS) is 1. The zero-order chi connectivity index (χ0) is 8.20. The molecule has 56 valence electrons. The first-order chi connectivity index (χ1) is 4.54. The number of carbonyl (C=O) groups is 1. The number of hydrogen-bond acceptors (Lipinski definition) is 2. The number of hydrogen-bond donors (Lipinski definition) is 2. The molecule has 0 saturated carbocycles. The number of rotatable bonds is 2. The maximum Gasteiger partial charge on any atom is 0.405 e. The number of amides is 1. The number of nitriles is 1. The van der Waals surface area contributed by atoms with E-state index in [1.807, 2.05) is 6.07 Å². The molecular formula is C6H10N2O2. The first kappa shape index (κ1) is 8.76. The van der Waals surface area contributed by atoms with Gasteiger partial charge in [0.1, 0.15) is 5.54 Å². The van der Waals surface area contributed by atoms with E-state index in [4.69, 9.17) is 10.4 Å². The minimum atomic E-state index is -1.16. The van der Waals surface area contributed by atoms with Crippen LogP contribution in [0.3, 0.4) is 0 Å². The second kappa shape index (κ2) is 3.06. The third kappa shape index (κ3) is 2.35. The van der Waals surface area contributed by atoms with Crippen LogP contribution in [0.1, 0.15) is 20.3 Å². The third-order valence-corrected chi connectivity index (χ3v) is 1.34. The van der Waals surface area contributed by atoms with Gasteiger partial charge in [-0.1, -0.05) is 6.92 Å². The second-order valence-electron chi connectivity index (χ2n) is 2.23. The van der Waals surface area contributed by atoms with Crippen molar-refractivity contribution in [2.24, 2.45) is 0 Å². The lowest BCUT2D eigenvalue weighted by Crippen LogP contribution is -2.43. The molecule has 1 atom stereocenters. The molecule has 0 aliphatic heterocycles. The van der Waals surface area contributed by atoms with E-state index in [2.05, 4.69) is 5.32 Å². The summed E-state index contributed by atoms with van der Waals surface area (Å²) in [6.07, 6.45) is -0.693. The topological polar surface area (TPSA) is 73.1 Å². The molecule has 2 N–H and O–H groups in total. The Balaban J connectivity index is 4.10. The minimum absolute atomic E-state index is 0.468. The predicted molar refractivity (Wildman–Crippen MR) is 35.5 cm³/mol. The quantitative estimate of drug-likeness (QED) is 0.602. The van der Waals surface area contributed by atoms with Gasteiger partial charge in [0.2, 0.25) is 0 Å². The van der Waals surface area contributed by atoms with Crippen molar-refractivity contribution in [1.82, 2.24) is 5.32 Å². The zero-order valence-electron chi connectivity index (χ0n) is 6.01. The summed E-state index contributed by atoms with van der Waals surface area (Å²) < 4.78 is 0. The maximum absolute atomic E-state index is 10.1. The molecule has 0 spiro atoms. The molecule has 0 bridgehead atoms. The molecule has 0 radical (unpaired) electrons. The van der Waals surface area contributed by atoms with Crippen molar-refractivity contribution >= 4 is 6.09 Å². The Labute approximate surface area is 59.5 Å². The molecule has 0 heterocycles. The fourth-order valence-electron chi connectivity index (χ4n) is 0.431. The Kier molecular flexibility index (Phi) is 2.68. The molecule has 0 saturated heterocycles. The van der Waals surface area contributed by atoms with Crippen molar-refractivity contribution < 1.29 is 9.90 Å². The van der Waals surface area contributed by atoms with Gasteiger partial charge in [-0.2, -0.15) is 5.26 Å². The largest absolute Gasteiger partial charge is 0.465 e. The molecule has 4 nitrogen and oxygen atoms in total. The van der Waals surface area contributed by atoms with Crippen LogP contribution in [0.2, 0.25) is 0 Å². The van der Waals surface area contributed by atoms with E-state index >= 15 is 0 Å². The van der Waals surface area contributed by atoms with Gasteiger partial charge >= 0.3 is 6.09 Å². The highest BCUT2D eigenvalue weighted by molar-refractivity contribution is 5.66. The lowest BCUT2D eigenvalue weighted by Gasteiger charge is -2.18. The molecule has 10 heavy (non-hydrogen) atoms. The van der Waals surface area contributed by atoms with Gasteiger partial charge in [-0.15, -0.1) is 0 Å². The van der Waals surface area contributed by atoms with Crippen molar-refractivity contribution in [1.29, 1.82) is 5.26 Å². The Morgan fingerprint density at radius 1 is 1.90 bits per heavy atom. The highest BCUT2D eigenvalue weighted by Crippen LogP contribution is 2.05. The van der Waals surface area contributed by atoms with Crippen molar-refractivity contribution in [2.45, 2.75) is 25.8 Å². The summed E-state index contributed by atoms with van der Waals surface area (Å²) in [7, 11) is 0. The molecule has 1 amide bonds. The first-order valence-electron chi connectivity index (χ1n) is 2.96. The Morgan fingerprint density at radius 3 is 2.50 bits per heavy atom. The van der Waals surface area contributed by atoms with Crippen LogP contribution in [0.4, 0.5) is 4.79 Å². The smallest absolute Gasteiger partial charge is 0.405 e. The minimum Gasteiger partial charge on any atom is -0.465 e. The van der Waals surface area contributed by atoms with Crippen LogP contribution < -0.4 is 5.32 Å². The summed E-state index contributed by atoms with van der Waals surface area (Å²) in [6.45, 7) is 3.29. The van der Waals surface area contributed by atoms with Crippen LogP contribution in [0, 0.1) is 11.3 Å². The summed E-state index contributed by atoms with van der Waals surface area (Å²) in [6, 6.07) is 1.87. The van der Waals surface area contributed by atoms with E-state index in [-0.39, 0.29) is 0 Å². The van der Waals surface area contributed by atoms with Crippen LogP contribution in [0.5, 0.6) is 0 Å². The van der Waals surface area contributed by atoms with E-state index in [1.165, 1.54) is 0 Å². The van der Waals surface area contributed by atoms with E-state index in [1.54, 1.807) is 13.8 Å². The fraction of sp³-hybridized carbons (Fsp3) is 0.667. The third-order valence-electron chi connectivity index (χ3n) is 1.34. The van der Waals surface area contributed by atoms with E-state index in [9.17, 15) is 4.79 Å². The summed E-state index contributed by atoms with van der Waals surface area (Å²) in [5.41, 5.74) is -0.939. The van der Waals surface area contributed by atoms with Crippen LogP contribution in [0.15, 0.2) is 0 Å². The van der Waals surface area contributed by atoms with Crippen molar-refractivity contribution in [3.63, 3.8) is 0 Å². The van der Waals surface area contributed by atoms with Crippen LogP contribution in [-0.4, -0.2) is 16.7 Å². The molecule has 0 fully saturated rings. The summed E-state index contributed by atoms with van der Waals surface area (Å²) >= 11 is 0.